The third-order valence-corrected chi connectivity index (χ3v) is 4.87. The highest BCUT2D eigenvalue weighted by Crippen LogP contribution is 2.38. The largest absolute Gasteiger partial charge is 0.501 e. The van der Waals surface area contributed by atoms with Crippen molar-refractivity contribution in [2.75, 3.05) is 20.2 Å². The Bertz CT molecular complexity index is 542. The summed E-state index contributed by atoms with van der Waals surface area (Å²) in [5, 5.41) is 0. The lowest BCUT2D eigenvalue weighted by molar-refractivity contribution is -0.126. The number of likely N-dealkylation sites (tertiary alicyclic amines) is 1. The fraction of sp³-hybridized carbons (Fsp3) is 0.700. The lowest BCUT2D eigenvalue weighted by atomic mass is 9.78. The van der Waals surface area contributed by atoms with Gasteiger partial charge in [-0.3, -0.25) is 4.79 Å². The summed E-state index contributed by atoms with van der Waals surface area (Å²) in [6.07, 6.45) is 6.09. The second-order valence-electron chi connectivity index (χ2n) is 7.15. The Morgan fingerprint density at radius 3 is 2.42 bits per heavy atom. The highest BCUT2D eigenvalue weighted by atomic mass is 16.5. The molecule has 0 bridgehead atoms. The topological polar surface area (TPSA) is 41.9 Å². The van der Waals surface area contributed by atoms with Crippen molar-refractivity contribution in [3.05, 3.63) is 23.2 Å². The monoisotopic (exact) mass is 334 g/mol. The summed E-state index contributed by atoms with van der Waals surface area (Å²) in [7, 11) is 1.66. The number of allylic oxidation sites excluding steroid dienone is 3. The van der Waals surface area contributed by atoms with Gasteiger partial charge in [-0.15, -0.1) is 0 Å². The van der Waals surface area contributed by atoms with Gasteiger partial charge in [-0.2, -0.15) is 0 Å². The second kappa shape index (κ2) is 9.05. The maximum absolute atomic E-state index is 12.3. The number of Topliss-reactive ketones (excluding diaryl/α,β-unsaturated/α-hetero) is 1. The van der Waals surface area contributed by atoms with Crippen molar-refractivity contribution in [2.24, 2.45) is 10.4 Å². The van der Waals surface area contributed by atoms with Crippen LogP contribution in [0.25, 0.3) is 0 Å². The molecule has 4 nitrogen and oxygen atoms in total. The van der Waals surface area contributed by atoms with Crippen LogP contribution in [-0.2, 0) is 9.53 Å². The van der Waals surface area contributed by atoms with E-state index in [0.29, 0.717) is 5.78 Å². The first-order valence-corrected chi connectivity index (χ1v) is 8.96. The molecule has 0 saturated carbocycles. The molecule has 0 radical (unpaired) electrons. The third-order valence-electron chi connectivity index (χ3n) is 4.87. The van der Waals surface area contributed by atoms with Gasteiger partial charge in [0.25, 0.3) is 0 Å². The lowest BCUT2D eigenvalue weighted by Gasteiger charge is -2.28. The number of carbonyl (C=O) groups excluding carboxylic acids is 1. The Hall–Kier alpha value is -1.58. The molecule has 0 aromatic carbocycles. The number of rotatable bonds is 8. The highest BCUT2D eigenvalue weighted by molar-refractivity contribution is 5.93. The number of ketones is 1. The van der Waals surface area contributed by atoms with Crippen molar-refractivity contribution in [1.82, 2.24) is 4.90 Å². The van der Waals surface area contributed by atoms with Crippen LogP contribution in [0.1, 0.15) is 67.2 Å². The van der Waals surface area contributed by atoms with Crippen LogP contribution in [-0.4, -0.2) is 36.6 Å². The molecule has 24 heavy (non-hydrogen) atoms. The first-order valence-electron chi connectivity index (χ1n) is 8.96. The Labute approximate surface area is 147 Å². The lowest BCUT2D eigenvalue weighted by Crippen LogP contribution is -2.33. The molecule has 0 amide bonds. The van der Waals surface area contributed by atoms with Gasteiger partial charge in [0.15, 0.2) is 0 Å². The van der Waals surface area contributed by atoms with E-state index in [1.54, 1.807) is 14.0 Å². The summed E-state index contributed by atoms with van der Waals surface area (Å²) in [4.78, 5) is 19.4. The predicted molar refractivity (Wildman–Crippen MR) is 101 cm³/mol. The molecule has 136 valence electrons. The summed E-state index contributed by atoms with van der Waals surface area (Å²) in [5.41, 5.74) is 1.89. The molecule has 1 saturated heterocycles. The minimum atomic E-state index is -0.196. The summed E-state index contributed by atoms with van der Waals surface area (Å²) >= 11 is 0. The van der Waals surface area contributed by atoms with E-state index in [1.807, 2.05) is 19.9 Å². The average molecular weight is 335 g/mol. The molecule has 1 aliphatic heterocycles. The van der Waals surface area contributed by atoms with Gasteiger partial charge in [0.1, 0.15) is 11.6 Å². The van der Waals surface area contributed by atoms with Crippen LogP contribution >= 0.6 is 0 Å². The van der Waals surface area contributed by atoms with Crippen LogP contribution < -0.4 is 0 Å². The predicted octanol–water partition coefficient (Wildman–Crippen LogP) is 4.72. The summed E-state index contributed by atoms with van der Waals surface area (Å²) < 4.78 is 5.20. The number of aliphatic imine (C=N–C) groups is 1. The van der Waals surface area contributed by atoms with Crippen LogP contribution in [0.2, 0.25) is 0 Å². The van der Waals surface area contributed by atoms with Crippen molar-refractivity contribution in [2.45, 2.75) is 67.2 Å². The van der Waals surface area contributed by atoms with Gasteiger partial charge in [-0.1, -0.05) is 19.8 Å². The van der Waals surface area contributed by atoms with Crippen molar-refractivity contribution < 1.29 is 9.53 Å². The summed E-state index contributed by atoms with van der Waals surface area (Å²) in [5.74, 6) is 2.15. The fourth-order valence-corrected chi connectivity index (χ4v) is 3.29. The molecule has 1 atom stereocenters. The Morgan fingerprint density at radius 2 is 1.92 bits per heavy atom. The van der Waals surface area contributed by atoms with E-state index < -0.39 is 0 Å². The number of hydrogen-bond acceptors (Lipinski definition) is 4. The molecule has 0 aliphatic carbocycles. The first-order chi connectivity index (χ1) is 11.3. The number of methoxy groups -OCH3 is 1. The zero-order chi connectivity index (χ0) is 18.3. The Balaban J connectivity index is 3.03. The van der Waals surface area contributed by atoms with Gasteiger partial charge in [-0.05, 0) is 59.1 Å². The van der Waals surface area contributed by atoms with Gasteiger partial charge in [0, 0.05) is 24.2 Å². The maximum Gasteiger partial charge on any atom is 0.137 e. The third kappa shape index (κ3) is 5.22. The van der Waals surface area contributed by atoms with Crippen molar-refractivity contribution in [3.63, 3.8) is 0 Å². The molecular formula is C20H34N2O2. The summed E-state index contributed by atoms with van der Waals surface area (Å²) in [6.45, 7) is 13.7. The first kappa shape index (κ1) is 20.5. The van der Waals surface area contributed by atoms with Gasteiger partial charge in [0.2, 0.25) is 0 Å². The van der Waals surface area contributed by atoms with E-state index in [1.165, 1.54) is 5.57 Å². The molecule has 0 aromatic heterocycles. The van der Waals surface area contributed by atoms with Gasteiger partial charge in [0.05, 0.1) is 12.9 Å². The molecule has 1 fully saturated rings. The van der Waals surface area contributed by atoms with Gasteiger partial charge in [-0.25, -0.2) is 4.99 Å². The smallest absolute Gasteiger partial charge is 0.137 e. The molecule has 0 unspecified atom stereocenters. The van der Waals surface area contributed by atoms with Crippen LogP contribution in [0.5, 0.6) is 0 Å². The standard InChI is InChI=1S/C20H34N2O2/c1-8-9-10-20(18(6)23)11-12-22(14-20)19(15(2)3)21-16(4)13-17(5)24-7/h13H,8-12,14H2,1-7H3/b17-13+,21-16-/t20-/m1/s1. The minimum Gasteiger partial charge on any atom is -0.501 e. The zero-order valence-corrected chi connectivity index (χ0v) is 16.5. The van der Waals surface area contributed by atoms with Crippen molar-refractivity contribution in [3.8, 4) is 0 Å². The second-order valence-corrected chi connectivity index (χ2v) is 7.15. The normalized spacial score (nSPS) is 21.9. The van der Waals surface area contributed by atoms with E-state index in [9.17, 15) is 4.79 Å². The fourth-order valence-electron chi connectivity index (χ4n) is 3.29. The zero-order valence-electron chi connectivity index (χ0n) is 16.5. The average Bonchev–Trinajstić information content (AvgIpc) is 2.95. The molecule has 1 rings (SSSR count). The van der Waals surface area contributed by atoms with E-state index in [2.05, 4.69) is 25.7 Å². The van der Waals surface area contributed by atoms with Crippen molar-refractivity contribution in [1.29, 1.82) is 0 Å². The van der Waals surface area contributed by atoms with E-state index in [-0.39, 0.29) is 5.41 Å². The van der Waals surface area contributed by atoms with E-state index in [4.69, 9.17) is 9.73 Å². The molecule has 0 aromatic rings. The SMILES string of the molecule is CCCC[C@@]1(C(C)=O)CCN(C(/N=C(C)\C=C(/C)OC)=C(C)C)C1. The number of hydrogen-bond donors (Lipinski definition) is 0. The minimum absolute atomic E-state index is 0.196. The summed E-state index contributed by atoms with van der Waals surface area (Å²) in [6, 6.07) is 0. The van der Waals surface area contributed by atoms with Crippen LogP contribution in [0, 0.1) is 5.41 Å². The molecule has 0 spiro atoms. The van der Waals surface area contributed by atoms with E-state index >= 15 is 0 Å². The highest BCUT2D eigenvalue weighted by Gasteiger charge is 2.42. The molecule has 1 aliphatic rings. The van der Waals surface area contributed by atoms with Crippen LogP contribution in [0.15, 0.2) is 28.2 Å². The molecule has 4 heteroatoms. The van der Waals surface area contributed by atoms with Crippen LogP contribution in [0.3, 0.4) is 0 Å². The quantitative estimate of drug-likeness (QED) is 0.476. The Kier molecular flexibility index (Phi) is 7.71. The van der Waals surface area contributed by atoms with E-state index in [0.717, 1.165) is 56.1 Å². The number of nitrogens with zero attached hydrogens (tertiary/aromatic N) is 2. The van der Waals surface area contributed by atoms with Crippen molar-refractivity contribution >= 4 is 11.5 Å². The molecule has 1 heterocycles. The molecule has 0 N–H and O–H groups in total. The van der Waals surface area contributed by atoms with Crippen LogP contribution in [0.4, 0.5) is 0 Å². The Morgan fingerprint density at radius 1 is 1.25 bits per heavy atom. The number of unbranched alkanes of at least 4 members (excludes halogenated alkanes) is 1. The number of ether oxygens (including phenoxy) is 1. The molecular weight excluding hydrogens is 300 g/mol. The van der Waals surface area contributed by atoms with Gasteiger partial charge >= 0.3 is 0 Å². The number of carbonyl (C=O) groups is 1. The van der Waals surface area contributed by atoms with Gasteiger partial charge < -0.3 is 9.64 Å². The maximum atomic E-state index is 12.3.